The molecule has 0 saturated carbocycles. The molecule has 1 amide bonds. The van der Waals surface area contributed by atoms with Crippen LogP contribution in [0.3, 0.4) is 0 Å². The van der Waals surface area contributed by atoms with Crippen LogP contribution in [0.5, 0.6) is 0 Å². The molecule has 34 heavy (non-hydrogen) atoms. The number of carbonyl (C=O) groups is 1. The van der Waals surface area contributed by atoms with E-state index in [2.05, 4.69) is 41.5 Å². The molecule has 2 N–H and O–H groups in total. The highest BCUT2D eigenvalue weighted by Gasteiger charge is 2.33. The van der Waals surface area contributed by atoms with E-state index >= 15 is 0 Å². The van der Waals surface area contributed by atoms with Crippen molar-refractivity contribution in [2.45, 2.75) is 71.4 Å². The third-order valence-corrected chi connectivity index (χ3v) is 5.31. The van der Waals surface area contributed by atoms with Gasteiger partial charge >= 0.3 is 6.09 Å². The normalized spacial score (nSPS) is 18.6. The molecule has 3 aromatic heterocycles. The summed E-state index contributed by atoms with van der Waals surface area (Å²) in [5, 5.41) is 15.5. The molecule has 1 aliphatic rings. The van der Waals surface area contributed by atoms with Crippen molar-refractivity contribution < 1.29 is 19.0 Å². The number of anilines is 2. The van der Waals surface area contributed by atoms with E-state index < -0.39 is 6.09 Å². The van der Waals surface area contributed by atoms with Crippen LogP contribution in [-0.4, -0.2) is 56.3 Å². The molecule has 1 aliphatic heterocycles. The van der Waals surface area contributed by atoms with Crippen molar-refractivity contribution in [2.24, 2.45) is 0 Å². The average Bonchev–Trinajstić information content (AvgIpc) is 3.45. The lowest BCUT2D eigenvalue weighted by Crippen LogP contribution is -2.33. The quantitative estimate of drug-likeness (QED) is 0.537. The smallest absolute Gasteiger partial charge is 0.407 e. The predicted octanol–water partition coefficient (Wildman–Crippen LogP) is 3.54. The number of alkyl carbamates (subject to hydrolysis) is 1. The van der Waals surface area contributed by atoms with Crippen LogP contribution in [0.15, 0.2) is 24.5 Å². The molecule has 11 heteroatoms. The van der Waals surface area contributed by atoms with Crippen molar-refractivity contribution in [1.82, 2.24) is 29.7 Å². The second kappa shape index (κ2) is 9.59. The number of hydrogen-bond donors (Lipinski definition) is 2. The molecule has 184 valence electrons. The predicted molar refractivity (Wildman–Crippen MR) is 126 cm³/mol. The molecule has 1 fully saturated rings. The Morgan fingerprint density at radius 2 is 2.09 bits per heavy atom. The van der Waals surface area contributed by atoms with E-state index in [0.717, 1.165) is 22.7 Å². The third kappa shape index (κ3) is 5.31. The molecule has 3 aromatic rings. The number of nitrogens with one attached hydrogen (secondary N) is 2. The van der Waals surface area contributed by atoms with E-state index in [4.69, 9.17) is 19.3 Å². The van der Waals surface area contributed by atoms with Crippen LogP contribution in [0.25, 0.3) is 5.52 Å². The van der Waals surface area contributed by atoms with Crippen LogP contribution in [0, 0.1) is 0 Å². The molecule has 0 bridgehead atoms. The topological polar surface area (TPSA) is 117 Å². The van der Waals surface area contributed by atoms with E-state index in [1.807, 2.05) is 30.7 Å². The highest BCUT2D eigenvalue weighted by molar-refractivity contribution is 5.72. The molecular formula is C23H33N7O4. The zero-order valence-corrected chi connectivity index (χ0v) is 20.5. The molecule has 1 saturated heterocycles. The van der Waals surface area contributed by atoms with Gasteiger partial charge in [0.1, 0.15) is 23.5 Å². The number of aromatic nitrogens is 5. The molecule has 0 spiro atoms. The fraction of sp³-hybridized carbons (Fsp3) is 0.565. The van der Waals surface area contributed by atoms with Gasteiger partial charge in [-0.25, -0.2) is 19.0 Å². The van der Waals surface area contributed by atoms with Gasteiger partial charge in [-0.15, -0.1) is 0 Å². The summed E-state index contributed by atoms with van der Waals surface area (Å²) >= 11 is 0. The van der Waals surface area contributed by atoms with Crippen molar-refractivity contribution in [2.75, 3.05) is 19.0 Å². The molecule has 4 rings (SSSR count). The Bertz CT molecular complexity index is 1150. The number of amides is 1. The van der Waals surface area contributed by atoms with E-state index in [0.29, 0.717) is 25.5 Å². The zero-order valence-electron chi connectivity index (χ0n) is 20.5. The lowest BCUT2D eigenvalue weighted by molar-refractivity contribution is 0.0679. The Labute approximate surface area is 198 Å². The molecule has 0 unspecified atom stereocenters. The monoisotopic (exact) mass is 471 g/mol. The van der Waals surface area contributed by atoms with E-state index in [1.165, 1.54) is 0 Å². The van der Waals surface area contributed by atoms with Crippen molar-refractivity contribution in [3.63, 3.8) is 0 Å². The Balaban J connectivity index is 1.56. The Morgan fingerprint density at radius 1 is 1.29 bits per heavy atom. The van der Waals surface area contributed by atoms with Gasteiger partial charge in [-0.3, -0.25) is 0 Å². The number of rotatable bonds is 7. The van der Waals surface area contributed by atoms with Gasteiger partial charge in [-0.05, 0) is 40.7 Å². The van der Waals surface area contributed by atoms with Crippen molar-refractivity contribution in [3.8, 4) is 0 Å². The lowest BCUT2D eigenvalue weighted by Gasteiger charge is -2.22. The molecule has 0 radical (unpaired) electrons. The fourth-order valence-corrected chi connectivity index (χ4v) is 3.87. The molecule has 11 nitrogen and oxygen atoms in total. The Kier molecular flexibility index (Phi) is 6.76. The van der Waals surface area contributed by atoms with Gasteiger partial charge in [0.05, 0.1) is 30.1 Å². The molecular weight excluding hydrogens is 438 g/mol. The summed E-state index contributed by atoms with van der Waals surface area (Å²) in [5.74, 6) is 1.44. The van der Waals surface area contributed by atoms with Crippen molar-refractivity contribution in [3.05, 3.63) is 35.9 Å². The summed E-state index contributed by atoms with van der Waals surface area (Å²) in [4.78, 5) is 16.5. The summed E-state index contributed by atoms with van der Waals surface area (Å²) in [6.07, 6.45) is 3.02. The maximum atomic E-state index is 12.0. The van der Waals surface area contributed by atoms with Crippen LogP contribution in [-0.2, 0) is 26.4 Å². The van der Waals surface area contributed by atoms with Crippen LogP contribution in [0.1, 0.15) is 58.5 Å². The third-order valence-electron chi connectivity index (χ3n) is 5.31. The van der Waals surface area contributed by atoms with Gasteiger partial charge in [0.15, 0.2) is 5.82 Å². The maximum absolute atomic E-state index is 12.0. The number of nitrogens with zero attached hydrogens (tertiary/aromatic N) is 5. The Morgan fingerprint density at radius 3 is 2.79 bits per heavy atom. The van der Waals surface area contributed by atoms with Gasteiger partial charge in [0.2, 0.25) is 0 Å². The summed E-state index contributed by atoms with van der Waals surface area (Å²) < 4.78 is 20.3. The Hall–Kier alpha value is -3.18. The second-order valence-electron chi connectivity index (χ2n) is 9.72. The van der Waals surface area contributed by atoms with Crippen LogP contribution >= 0.6 is 0 Å². The molecule has 2 atom stereocenters. The van der Waals surface area contributed by atoms with Crippen LogP contribution in [0.2, 0.25) is 0 Å². The number of hydrogen-bond acceptors (Lipinski definition) is 8. The number of carbonyl (C=O) groups excluding carboxylic acids is 1. The summed E-state index contributed by atoms with van der Waals surface area (Å²) in [5.41, 5.74) is 2.13. The number of ether oxygens (including phenoxy) is 3. The van der Waals surface area contributed by atoms with Crippen LogP contribution in [0.4, 0.5) is 16.4 Å². The van der Waals surface area contributed by atoms with Gasteiger partial charge in [-0.2, -0.15) is 10.2 Å². The van der Waals surface area contributed by atoms with Gasteiger partial charge in [-0.1, -0.05) is 0 Å². The summed E-state index contributed by atoms with van der Waals surface area (Å²) in [6.45, 7) is 10.8. The molecule has 0 aliphatic carbocycles. The largest absolute Gasteiger partial charge is 0.444 e. The van der Waals surface area contributed by atoms with Crippen LogP contribution < -0.4 is 10.6 Å². The average molecular weight is 472 g/mol. The second-order valence-corrected chi connectivity index (χ2v) is 9.72. The first kappa shape index (κ1) is 24.0. The highest BCUT2D eigenvalue weighted by atomic mass is 16.6. The van der Waals surface area contributed by atoms with Crippen molar-refractivity contribution >= 4 is 23.2 Å². The number of fused-ring (bicyclic) bond motifs is 1. The molecule has 0 aromatic carbocycles. The highest BCUT2D eigenvalue weighted by Crippen LogP contribution is 2.34. The fourth-order valence-electron chi connectivity index (χ4n) is 3.87. The maximum Gasteiger partial charge on any atom is 0.407 e. The van der Waals surface area contributed by atoms with Crippen molar-refractivity contribution in [1.29, 1.82) is 0 Å². The first-order valence-corrected chi connectivity index (χ1v) is 11.4. The SMILES string of the molecule is COCc1cc2c(Nc3cc([C@H]4C[C@@H](OC(=O)NC(C)C)CO4)nn3C(C)(C)C)nccn2n1. The molecule has 4 heterocycles. The first-order valence-electron chi connectivity index (χ1n) is 11.4. The summed E-state index contributed by atoms with van der Waals surface area (Å²) in [7, 11) is 1.64. The van der Waals surface area contributed by atoms with Gasteiger partial charge in [0.25, 0.3) is 0 Å². The standard InChI is InChI=1S/C23H33N7O4/c1-14(2)25-22(31)34-16-10-19(33-13-16)17-11-20(30(28-17)23(3,4)5)26-21-18-9-15(12-32-6)27-29(18)8-7-24-21/h7-9,11,14,16,19H,10,12-13H2,1-6H3,(H,24,26)(H,25,31)/t16-,19-/m1/s1. The van der Waals surface area contributed by atoms with Gasteiger partial charge < -0.3 is 24.8 Å². The lowest BCUT2D eigenvalue weighted by atomic mass is 10.1. The minimum atomic E-state index is -0.431. The number of methoxy groups -OCH3 is 1. The van der Waals surface area contributed by atoms with E-state index in [-0.39, 0.29) is 23.8 Å². The minimum absolute atomic E-state index is 0.0150. The van der Waals surface area contributed by atoms with Gasteiger partial charge in [0, 0.05) is 38.0 Å². The summed E-state index contributed by atoms with van der Waals surface area (Å²) in [6, 6.07) is 3.92. The van der Waals surface area contributed by atoms with E-state index in [1.54, 1.807) is 24.0 Å². The first-order chi connectivity index (χ1) is 16.1. The van der Waals surface area contributed by atoms with E-state index in [9.17, 15) is 4.79 Å². The minimum Gasteiger partial charge on any atom is -0.444 e. The zero-order chi connectivity index (χ0) is 24.5.